The molecular weight excluding hydrogens is 238 g/mol. The molecule has 0 fully saturated rings. The molecule has 0 aromatic rings. The third-order valence-corrected chi connectivity index (χ3v) is 2.02. The lowest BCUT2D eigenvalue weighted by molar-refractivity contribution is -0.139. The number of hydrogen-bond acceptors (Lipinski definition) is 3. The highest BCUT2D eigenvalue weighted by molar-refractivity contribution is 5.82. The summed E-state index contributed by atoms with van der Waals surface area (Å²) in [5.41, 5.74) is 0. The molecule has 2 amide bonds. The van der Waals surface area contributed by atoms with Crippen LogP contribution in [0, 0.1) is 0 Å². The fourth-order valence-electron chi connectivity index (χ4n) is 1.14. The number of rotatable bonds is 7. The quantitative estimate of drug-likeness (QED) is 0.602. The number of aliphatic hydroxyl groups is 1. The van der Waals surface area contributed by atoms with E-state index in [-0.39, 0.29) is 13.0 Å². The van der Waals surface area contributed by atoms with E-state index in [1.807, 2.05) is 0 Å². The Morgan fingerprint density at radius 3 is 2.35 bits per heavy atom. The summed E-state index contributed by atoms with van der Waals surface area (Å²) in [6.45, 7) is -0.0404. The van der Waals surface area contributed by atoms with Crippen molar-refractivity contribution in [3.8, 4) is 0 Å². The number of amides is 2. The number of alkyl halides is 2. The van der Waals surface area contributed by atoms with Gasteiger partial charge < -0.3 is 20.4 Å². The van der Waals surface area contributed by atoms with Crippen LogP contribution in [0.5, 0.6) is 0 Å². The Labute approximate surface area is 97.2 Å². The average Bonchev–Trinajstić information content (AvgIpc) is 2.23. The number of carboxylic acid groups (broad SMARTS) is 1. The molecule has 8 heteroatoms. The van der Waals surface area contributed by atoms with Gasteiger partial charge in [0.25, 0.3) is 6.43 Å². The SMILES string of the molecule is CC[C@H](NC(=O)N(CCO)CC(F)F)C(=O)O. The maximum atomic E-state index is 12.1. The molecular formula is C9H16F2N2O4. The van der Waals surface area contributed by atoms with Gasteiger partial charge in [-0.15, -0.1) is 0 Å². The van der Waals surface area contributed by atoms with Gasteiger partial charge in [0.15, 0.2) is 0 Å². The van der Waals surface area contributed by atoms with Crippen molar-refractivity contribution in [3.63, 3.8) is 0 Å². The lowest BCUT2D eigenvalue weighted by Crippen LogP contribution is -2.49. The normalized spacial score (nSPS) is 12.3. The molecule has 3 N–H and O–H groups in total. The van der Waals surface area contributed by atoms with Crippen molar-refractivity contribution in [1.29, 1.82) is 0 Å². The maximum absolute atomic E-state index is 12.1. The van der Waals surface area contributed by atoms with E-state index in [0.29, 0.717) is 4.90 Å². The molecule has 0 aromatic heterocycles. The minimum atomic E-state index is -2.74. The zero-order valence-corrected chi connectivity index (χ0v) is 9.40. The Morgan fingerprint density at radius 2 is 2.00 bits per heavy atom. The number of nitrogens with one attached hydrogen (secondary N) is 1. The molecule has 0 aliphatic heterocycles. The van der Waals surface area contributed by atoms with Crippen LogP contribution in [-0.2, 0) is 4.79 Å². The highest BCUT2D eigenvalue weighted by Gasteiger charge is 2.23. The van der Waals surface area contributed by atoms with Gasteiger partial charge in [-0.3, -0.25) is 0 Å². The highest BCUT2D eigenvalue weighted by atomic mass is 19.3. The minimum Gasteiger partial charge on any atom is -0.480 e. The van der Waals surface area contributed by atoms with Crippen molar-refractivity contribution in [2.75, 3.05) is 19.7 Å². The number of hydrogen-bond donors (Lipinski definition) is 3. The van der Waals surface area contributed by atoms with Gasteiger partial charge in [-0.05, 0) is 6.42 Å². The molecule has 1 atom stereocenters. The fraction of sp³-hybridized carbons (Fsp3) is 0.778. The van der Waals surface area contributed by atoms with Crippen LogP contribution in [0.4, 0.5) is 13.6 Å². The lowest BCUT2D eigenvalue weighted by Gasteiger charge is -2.23. The van der Waals surface area contributed by atoms with Crippen molar-refractivity contribution >= 4 is 12.0 Å². The standard InChI is InChI=1S/C9H16F2N2O4/c1-2-6(8(15)16)12-9(17)13(3-4-14)5-7(10)11/h6-7,14H,2-5H2,1H3,(H,12,17)(H,15,16)/t6-/m0/s1. The molecule has 0 spiro atoms. The predicted octanol–water partition coefficient (Wildman–Crippen LogP) is 0.119. The Hall–Kier alpha value is -1.44. The number of urea groups is 1. The van der Waals surface area contributed by atoms with Gasteiger partial charge in [0.05, 0.1) is 13.2 Å². The largest absolute Gasteiger partial charge is 0.480 e. The Morgan fingerprint density at radius 1 is 1.41 bits per heavy atom. The highest BCUT2D eigenvalue weighted by Crippen LogP contribution is 2.00. The Balaban J connectivity index is 4.44. The topological polar surface area (TPSA) is 89.9 Å². The van der Waals surface area contributed by atoms with E-state index in [0.717, 1.165) is 0 Å². The molecule has 100 valence electrons. The van der Waals surface area contributed by atoms with Crippen molar-refractivity contribution in [1.82, 2.24) is 10.2 Å². The van der Waals surface area contributed by atoms with Crippen LogP contribution in [0.1, 0.15) is 13.3 Å². The summed E-state index contributed by atoms with van der Waals surface area (Å²) in [6, 6.07) is -2.05. The molecule has 0 aromatic carbocycles. The molecule has 0 aliphatic rings. The molecule has 0 saturated carbocycles. The monoisotopic (exact) mass is 254 g/mol. The van der Waals surface area contributed by atoms with Gasteiger partial charge in [0.2, 0.25) is 0 Å². The summed E-state index contributed by atoms with van der Waals surface area (Å²) in [5, 5.41) is 19.4. The molecule has 0 rings (SSSR count). The van der Waals surface area contributed by atoms with Crippen LogP contribution in [0.25, 0.3) is 0 Å². The molecule has 17 heavy (non-hydrogen) atoms. The lowest BCUT2D eigenvalue weighted by atomic mass is 10.2. The van der Waals surface area contributed by atoms with Gasteiger partial charge in [-0.1, -0.05) is 6.92 Å². The van der Waals surface area contributed by atoms with Crippen LogP contribution in [-0.4, -0.2) is 59.3 Å². The first-order valence-corrected chi connectivity index (χ1v) is 5.09. The summed E-state index contributed by atoms with van der Waals surface area (Å²) in [4.78, 5) is 22.8. The Bertz CT molecular complexity index is 263. The minimum absolute atomic E-state index is 0.142. The first kappa shape index (κ1) is 15.6. The summed E-state index contributed by atoms with van der Waals surface area (Å²) >= 11 is 0. The Kier molecular flexibility index (Phi) is 7.11. The molecule has 0 bridgehead atoms. The smallest absolute Gasteiger partial charge is 0.326 e. The van der Waals surface area contributed by atoms with Crippen LogP contribution in [0.15, 0.2) is 0 Å². The summed E-state index contributed by atoms with van der Waals surface area (Å²) in [5.74, 6) is -1.23. The first-order chi connectivity index (χ1) is 7.92. The second-order valence-corrected chi connectivity index (χ2v) is 3.31. The summed E-state index contributed by atoms with van der Waals surface area (Å²) < 4.78 is 24.3. The molecule has 0 aliphatic carbocycles. The second kappa shape index (κ2) is 7.77. The summed E-state index contributed by atoms with van der Waals surface area (Å²) in [6.07, 6.45) is -2.60. The predicted molar refractivity (Wildman–Crippen MR) is 54.9 cm³/mol. The number of carbonyl (C=O) groups is 2. The van der Waals surface area contributed by atoms with Crippen molar-refractivity contribution in [3.05, 3.63) is 0 Å². The van der Waals surface area contributed by atoms with E-state index in [2.05, 4.69) is 5.32 Å². The van der Waals surface area contributed by atoms with E-state index < -0.39 is 37.6 Å². The summed E-state index contributed by atoms with van der Waals surface area (Å²) in [7, 11) is 0. The van der Waals surface area contributed by atoms with Gasteiger partial charge in [-0.2, -0.15) is 0 Å². The van der Waals surface area contributed by atoms with Crippen molar-refractivity contribution < 1.29 is 28.6 Å². The maximum Gasteiger partial charge on any atom is 0.326 e. The molecule has 6 nitrogen and oxygen atoms in total. The second-order valence-electron chi connectivity index (χ2n) is 3.31. The van der Waals surface area contributed by atoms with E-state index in [9.17, 15) is 18.4 Å². The van der Waals surface area contributed by atoms with Crippen LogP contribution in [0.3, 0.4) is 0 Å². The van der Waals surface area contributed by atoms with Crippen LogP contribution >= 0.6 is 0 Å². The van der Waals surface area contributed by atoms with E-state index in [4.69, 9.17) is 10.2 Å². The number of carboxylic acids is 1. The number of aliphatic hydroxyl groups excluding tert-OH is 1. The zero-order chi connectivity index (χ0) is 13.4. The van der Waals surface area contributed by atoms with Crippen molar-refractivity contribution in [2.24, 2.45) is 0 Å². The third-order valence-electron chi connectivity index (χ3n) is 2.02. The van der Waals surface area contributed by atoms with E-state index in [1.54, 1.807) is 6.92 Å². The number of nitrogens with zero attached hydrogens (tertiary/aromatic N) is 1. The van der Waals surface area contributed by atoms with E-state index >= 15 is 0 Å². The van der Waals surface area contributed by atoms with Crippen molar-refractivity contribution in [2.45, 2.75) is 25.8 Å². The third kappa shape index (κ3) is 6.00. The number of carbonyl (C=O) groups excluding carboxylic acids is 1. The molecule has 0 heterocycles. The van der Waals surface area contributed by atoms with Gasteiger partial charge in [0, 0.05) is 6.54 Å². The number of aliphatic carboxylic acids is 1. The zero-order valence-electron chi connectivity index (χ0n) is 9.40. The fourth-order valence-corrected chi connectivity index (χ4v) is 1.14. The molecule has 0 unspecified atom stereocenters. The molecule has 0 saturated heterocycles. The van der Waals surface area contributed by atoms with Gasteiger partial charge in [-0.25, -0.2) is 18.4 Å². The van der Waals surface area contributed by atoms with E-state index in [1.165, 1.54) is 0 Å². The molecule has 0 radical (unpaired) electrons. The van der Waals surface area contributed by atoms with Crippen LogP contribution in [0.2, 0.25) is 0 Å². The van der Waals surface area contributed by atoms with Gasteiger partial charge in [0.1, 0.15) is 6.04 Å². The van der Waals surface area contributed by atoms with Crippen LogP contribution < -0.4 is 5.32 Å². The average molecular weight is 254 g/mol. The number of halogens is 2. The first-order valence-electron chi connectivity index (χ1n) is 5.09. The van der Waals surface area contributed by atoms with Gasteiger partial charge >= 0.3 is 12.0 Å².